The van der Waals surface area contributed by atoms with Crippen LogP contribution in [0.3, 0.4) is 0 Å². The van der Waals surface area contributed by atoms with Gasteiger partial charge in [0.25, 0.3) is 5.91 Å². The van der Waals surface area contributed by atoms with Crippen LogP contribution in [0.1, 0.15) is 72.6 Å². The van der Waals surface area contributed by atoms with Crippen molar-refractivity contribution in [2.45, 2.75) is 58.5 Å². The highest BCUT2D eigenvalue weighted by atomic mass is 32.1. The normalized spacial score (nSPS) is 15.7. The van der Waals surface area contributed by atoms with Crippen molar-refractivity contribution in [3.05, 3.63) is 92.9 Å². The van der Waals surface area contributed by atoms with Gasteiger partial charge in [-0.15, -0.1) is 11.3 Å². The Morgan fingerprint density at radius 1 is 1.06 bits per heavy atom. The highest BCUT2D eigenvalue weighted by molar-refractivity contribution is 7.10. The minimum Gasteiger partial charge on any atom is -0.330 e. The van der Waals surface area contributed by atoms with Gasteiger partial charge in [0.15, 0.2) is 0 Å². The summed E-state index contributed by atoms with van der Waals surface area (Å²) in [5, 5.41) is 2.09. The van der Waals surface area contributed by atoms with Crippen molar-refractivity contribution >= 4 is 23.2 Å². The zero-order chi connectivity index (χ0) is 25.3. The molecule has 0 aliphatic carbocycles. The molecule has 1 aromatic heterocycles. The van der Waals surface area contributed by atoms with Gasteiger partial charge in [-0.25, -0.2) is 4.39 Å². The molecule has 2 amide bonds. The molecule has 1 aliphatic heterocycles. The van der Waals surface area contributed by atoms with E-state index in [0.29, 0.717) is 12.1 Å². The van der Waals surface area contributed by atoms with Crippen molar-refractivity contribution in [3.8, 4) is 0 Å². The smallest absolute Gasteiger partial charge is 0.254 e. The molecule has 2 aromatic carbocycles. The van der Waals surface area contributed by atoms with E-state index in [1.54, 1.807) is 16.2 Å². The lowest BCUT2D eigenvalue weighted by Crippen LogP contribution is -2.48. The number of carbonyl (C=O) groups excluding carboxylic acids is 2. The molecule has 4 rings (SSSR count). The minimum atomic E-state index is -0.395. The average molecular weight is 493 g/mol. The fourth-order valence-electron chi connectivity index (χ4n) is 4.59. The summed E-state index contributed by atoms with van der Waals surface area (Å²) in [6, 6.07) is 15.8. The van der Waals surface area contributed by atoms with Gasteiger partial charge in [-0.1, -0.05) is 45.0 Å². The molecule has 3 aromatic rings. The molecule has 6 heteroatoms. The lowest BCUT2D eigenvalue weighted by Gasteiger charge is -2.38. The lowest BCUT2D eigenvalue weighted by atomic mass is 9.85. The number of hydrogen-bond donors (Lipinski definition) is 0. The van der Waals surface area contributed by atoms with E-state index in [4.69, 9.17) is 0 Å². The number of halogens is 1. The summed E-state index contributed by atoms with van der Waals surface area (Å²) in [4.78, 5) is 31.7. The Balaban J connectivity index is 1.63. The first kappa shape index (κ1) is 25.1. The van der Waals surface area contributed by atoms with Crippen LogP contribution in [0.5, 0.6) is 0 Å². The molecule has 0 saturated carbocycles. The van der Waals surface area contributed by atoms with E-state index in [2.05, 4.69) is 56.5 Å². The van der Waals surface area contributed by atoms with Crippen LogP contribution in [0.4, 0.5) is 4.39 Å². The maximum Gasteiger partial charge on any atom is 0.254 e. The van der Waals surface area contributed by atoms with E-state index in [1.165, 1.54) is 40.3 Å². The zero-order valence-electron chi connectivity index (χ0n) is 21.0. The van der Waals surface area contributed by atoms with E-state index in [0.717, 1.165) is 12.0 Å². The minimum absolute atomic E-state index is 0.0239. The molecular weight excluding hydrogens is 459 g/mol. The van der Waals surface area contributed by atoms with Crippen LogP contribution in [0.15, 0.2) is 60.0 Å². The Labute approximate surface area is 211 Å². The quantitative estimate of drug-likeness (QED) is 0.425. The Kier molecular flexibility index (Phi) is 7.13. The fourth-order valence-corrected chi connectivity index (χ4v) is 5.50. The predicted molar refractivity (Wildman–Crippen MR) is 139 cm³/mol. The van der Waals surface area contributed by atoms with Crippen LogP contribution in [0.2, 0.25) is 0 Å². The van der Waals surface area contributed by atoms with Gasteiger partial charge in [-0.05, 0) is 78.1 Å². The van der Waals surface area contributed by atoms with Crippen LogP contribution in [-0.2, 0) is 16.6 Å². The number of hydrogen-bond acceptors (Lipinski definition) is 3. The Bertz CT molecular complexity index is 1190. The first-order valence-corrected chi connectivity index (χ1v) is 13.0. The molecule has 0 bridgehead atoms. The molecule has 35 heavy (non-hydrogen) atoms. The molecule has 0 saturated heterocycles. The van der Waals surface area contributed by atoms with E-state index in [1.807, 2.05) is 18.7 Å². The summed E-state index contributed by atoms with van der Waals surface area (Å²) in [5.74, 6) is -0.752. The first-order valence-electron chi connectivity index (χ1n) is 12.1. The summed E-state index contributed by atoms with van der Waals surface area (Å²) < 4.78 is 13.4. The summed E-state index contributed by atoms with van der Waals surface area (Å²) in [6.45, 7) is 10.9. The SMILES string of the molecule is CC(C)N(CC(=O)N1CCc2sccc2C1c1ccc(C(C)(C)C)cc1)C(=O)c1ccc(F)cc1. The van der Waals surface area contributed by atoms with Crippen molar-refractivity contribution in [1.29, 1.82) is 0 Å². The van der Waals surface area contributed by atoms with Crippen LogP contribution in [0.25, 0.3) is 0 Å². The molecule has 1 aliphatic rings. The summed E-state index contributed by atoms with van der Waals surface area (Å²) >= 11 is 1.73. The van der Waals surface area contributed by atoms with Gasteiger partial charge in [0, 0.05) is 23.0 Å². The number of benzene rings is 2. The topological polar surface area (TPSA) is 40.6 Å². The Morgan fingerprint density at radius 2 is 1.71 bits per heavy atom. The van der Waals surface area contributed by atoms with Crippen LogP contribution in [0, 0.1) is 5.82 Å². The fraction of sp³-hybridized carbons (Fsp3) is 0.379. The molecule has 1 unspecified atom stereocenters. The van der Waals surface area contributed by atoms with Crippen molar-refractivity contribution in [3.63, 3.8) is 0 Å². The largest absolute Gasteiger partial charge is 0.330 e. The number of thiophene rings is 1. The lowest BCUT2D eigenvalue weighted by molar-refractivity contribution is -0.134. The van der Waals surface area contributed by atoms with E-state index in [-0.39, 0.29) is 35.9 Å². The van der Waals surface area contributed by atoms with Crippen molar-refractivity contribution in [1.82, 2.24) is 9.80 Å². The van der Waals surface area contributed by atoms with Crippen LogP contribution in [-0.4, -0.2) is 40.7 Å². The molecule has 1 atom stereocenters. The standard InChI is InChI=1S/C29H33FN2O2S/c1-19(2)32(28(34)21-8-12-23(30)13-9-21)18-26(33)31-16-14-25-24(15-17-35-25)27(31)20-6-10-22(11-7-20)29(3,4)5/h6-13,15,17,19,27H,14,16,18H2,1-5H3. The third kappa shape index (κ3) is 5.32. The molecule has 2 heterocycles. The summed E-state index contributed by atoms with van der Waals surface area (Å²) in [6.07, 6.45) is 0.808. The highest BCUT2D eigenvalue weighted by Crippen LogP contribution is 2.38. The monoisotopic (exact) mass is 492 g/mol. The van der Waals surface area contributed by atoms with Gasteiger partial charge in [0.2, 0.25) is 5.91 Å². The first-order chi connectivity index (χ1) is 16.6. The number of amides is 2. The van der Waals surface area contributed by atoms with E-state index < -0.39 is 5.82 Å². The molecule has 4 nitrogen and oxygen atoms in total. The van der Waals surface area contributed by atoms with Crippen molar-refractivity contribution < 1.29 is 14.0 Å². The zero-order valence-corrected chi connectivity index (χ0v) is 21.9. The molecule has 0 N–H and O–H groups in total. The number of fused-ring (bicyclic) bond motifs is 1. The van der Waals surface area contributed by atoms with E-state index in [9.17, 15) is 14.0 Å². The Hall–Kier alpha value is -2.99. The summed E-state index contributed by atoms with van der Waals surface area (Å²) in [7, 11) is 0. The van der Waals surface area contributed by atoms with Crippen LogP contribution < -0.4 is 0 Å². The second-order valence-electron chi connectivity index (χ2n) is 10.4. The van der Waals surface area contributed by atoms with Gasteiger partial charge in [-0.3, -0.25) is 9.59 Å². The van der Waals surface area contributed by atoms with Gasteiger partial charge in [0.1, 0.15) is 12.4 Å². The maximum absolute atomic E-state index is 13.7. The Morgan fingerprint density at radius 3 is 2.31 bits per heavy atom. The van der Waals surface area contributed by atoms with Gasteiger partial charge >= 0.3 is 0 Å². The number of carbonyl (C=O) groups is 2. The average Bonchev–Trinajstić information content (AvgIpc) is 3.30. The summed E-state index contributed by atoms with van der Waals surface area (Å²) in [5.41, 5.74) is 3.91. The van der Waals surface area contributed by atoms with Crippen LogP contribution >= 0.6 is 11.3 Å². The molecule has 184 valence electrons. The second kappa shape index (κ2) is 9.94. The van der Waals surface area contributed by atoms with Crippen molar-refractivity contribution in [2.24, 2.45) is 0 Å². The second-order valence-corrected chi connectivity index (χ2v) is 11.4. The van der Waals surface area contributed by atoms with Gasteiger partial charge in [-0.2, -0.15) is 0 Å². The number of nitrogens with zero attached hydrogens (tertiary/aromatic N) is 2. The molecular formula is C29H33FN2O2S. The molecule has 0 radical (unpaired) electrons. The third-order valence-corrected chi connectivity index (χ3v) is 7.66. The highest BCUT2D eigenvalue weighted by Gasteiger charge is 2.34. The van der Waals surface area contributed by atoms with E-state index >= 15 is 0 Å². The maximum atomic E-state index is 13.7. The molecule has 0 spiro atoms. The predicted octanol–water partition coefficient (Wildman–Crippen LogP) is 6.21. The van der Waals surface area contributed by atoms with Gasteiger partial charge < -0.3 is 9.80 Å². The van der Waals surface area contributed by atoms with Gasteiger partial charge in [0.05, 0.1) is 6.04 Å². The number of rotatable bonds is 5. The third-order valence-electron chi connectivity index (χ3n) is 6.66. The van der Waals surface area contributed by atoms with Crippen molar-refractivity contribution in [2.75, 3.05) is 13.1 Å². The molecule has 0 fully saturated rings.